The van der Waals surface area contributed by atoms with E-state index in [1.165, 1.54) is 24.0 Å². The molecule has 0 fully saturated rings. The molecule has 1 rings (SSSR count). The van der Waals surface area contributed by atoms with E-state index in [0.29, 0.717) is 12.0 Å². The van der Waals surface area contributed by atoms with Crippen LogP contribution in [0.1, 0.15) is 64.0 Å². The zero-order chi connectivity index (χ0) is 15.0. The average Bonchev–Trinajstić information content (AvgIpc) is 2.40. The summed E-state index contributed by atoms with van der Waals surface area (Å²) in [6.45, 7) is 12.8. The third-order valence-electron chi connectivity index (χ3n) is 3.72. The van der Waals surface area contributed by atoms with Crippen LogP contribution in [0.3, 0.4) is 0 Å². The van der Waals surface area contributed by atoms with Crippen molar-refractivity contribution in [2.75, 3.05) is 13.2 Å². The summed E-state index contributed by atoms with van der Waals surface area (Å²) in [5.41, 5.74) is 2.58. The first-order valence-electron chi connectivity index (χ1n) is 8.01. The van der Waals surface area contributed by atoms with Gasteiger partial charge in [-0.25, -0.2) is 0 Å². The minimum atomic E-state index is 0.555. The second-order valence-electron chi connectivity index (χ2n) is 5.98. The smallest absolute Gasteiger partial charge is 0.122 e. The molecule has 0 saturated heterocycles. The van der Waals surface area contributed by atoms with Crippen molar-refractivity contribution in [1.29, 1.82) is 0 Å². The van der Waals surface area contributed by atoms with Crippen LogP contribution in [-0.4, -0.2) is 19.2 Å². The van der Waals surface area contributed by atoms with Crippen LogP contribution >= 0.6 is 0 Å². The zero-order valence-corrected chi connectivity index (χ0v) is 13.8. The van der Waals surface area contributed by atoms with Gasteiger partial charge >= 0.3 is 0 Å². The Bertz CT molecular complexity index is 387. The van der Waals surface area contributed by atoms with Crippen LogP contribution in [0.2, 0.25) is 0 Å². The molecule has 2 nitrogen and oxygen atoms in total. The summed E-state index contributed by atoms with van der Waals surface area (Å²) in [4.78, 5) is 0. The minimum absolute atomic E-state index is 0.555. The number of hydrogen-bond donors (Lipinski definition) is 1. The molecule has 0 spiro atoms. The number of ether oxygens (including phenoxy) is 1. The fraction of sp³-hybridized carbons (Fsp3) is 0.667. The van der Waals surface area contributed by atoms with Crippen LogP contribution in [0.5, 0.6) is 5.75 Å². The van der Waals surface area contributed by atoms with Crippen molar-refractivity contribution in [3.63, 3.8) is 0 Å². The predicted octanol–water partition coefficient (Wildman–Crippen LogP) is 4.67. The summed E-state index contributed by atoms with van der Waals surface area (Å²) >= 11 is 0. The average molecular weight is 277 g/mol. The lowest BCUT2D eigenvalue weighted by atomic mass is 10.0. The Morgan fingerprint density at radius 1 is 1.15 bits per heavy atom. The van der Waals surface area contributed by atoms with Gasteiger partial charge in [0.15, 0.2) is 0 Å². The van der Waals surface area contributed by atoms with Crippen LogP contribution in [0.25, 0.3) is 0 Å². The van der Waals surface area contributed by atoms with E-state index in [0.717, 1.165) is 25.3 Å². The molecule has 1 unspecified atom stereocenters. The molecule has 0 radical (unpaired) electrons. The molecule has 2 heteroatoms. The van der Waals surface area contributed by atoms with Gasteiger partial charge in [0.1, 0.15) is 5.75 Å². The monoisotopic (exact) mass is 277 g/mol. The molecule has 0 aliphatic heterocycles. The molecule has 1 aromatic carbocycles. The second kappa shape index (κ2) is 9.02. The number of hydrogen-bond acceptors (Lipinski definition) is 2. The Morgan fingerprint density at radius 3 is 2.55 bits per heavy atom. The van der Waals surface area contributed by atoms with Crippen molar-refractivity contribution < 1.29 is 4.74 Å². The summed E-state index contributed by atoms with van der Waals surface area (Å²) < 4.78 is 5.95. The number of aryl methyl sites for hydroxylation is 1. The van der Waals surface area contributed by atoms with Crippen LogP contribution in [0, 0.1) is 6.92 Å². The summed E-state index contributed by atoms with van der Waals surface area (Å²) in [7, 11) is 0. The molecule has 0 bridgehead atoms. The Balaban J connectivity index is 2.33. The lowest BCUT2D eigenvalue weighted by Gasteiger charge is -2.14. The van der Waals surface area contributed by atoms with Crippen molar-refractivity contribution in [3.8, 4) is 5.75 Å². The number of benzene rings is 1. The fourth-order valence-corrected chi connectivity index (χ4v) is 2.32. The van der Waals surface area contributed by atoms with Gasteiger partial charge in [0.25, 0.3) is 0 Å². The molecular formula is C18H31NO. The van der Waals surface area contributed by atoms with E-state index >= 15 is 0 Å². The fourth-order valence-electron chi connectivity index (χ4n) is 2.32. The highest BCUT2D eigenvalue weighted by molar-refractivity contribution is 5.37. The van der Waals surface area contributed by atoms with E-state index in [9.17, 15) is 0 Å². The molecule has 20 heavy (non-hydrogen) atoms. The summed E-state index contributed by atoms with van der Waals surface area (Å²) in [5.74, 6) is 1.61. The molecule has 1 N–H and O–H groups in total. The van der Waals surface area contributed by atoms with Gasteiger partial charge in [0.2, 0.25) is 0 Å². The van der Waals surface area contributed by atoms with Gasteiger partial charge in [-0.05, 0) is 62.8 Å². The molecule has 0 saturated carbocycles. The molecule has 0 amide bonds. The normalized spacial score (nSPS) is 12.7. The van der Waals surface area contributed by atoms with Crippen LogP contribution in [-0.2, 0) is 0 Å². The predicted molar refractivity (Wildman–Crippen MR) is 87.8 cm³/mol. The molecule has 0 aromatic heterocycles. The molecule has 0 aliphatic rings. The van der Waals surface area contributed by atoms with Crippen LogP contribution < -0.4 is 10.1 Å². The molecular weight excluding hydrogens is 246 g/mol. The maximum Gasteiger partial charge on any atom is 0.122 e. The van der Waals surface area contributed by atoms with E-state index in [-0.39, 0.29) is 0 Å². The van der Waals surface area contributed by atoms with Gasteiger partial charge in [-0.2, -0.15) is 0 Å². The van der Waals surface area contributed by atoms with Crippen LogP contribution in [0.4, 0.5) is 0 Å². The zero-order valence-electron chi connectivity index (χ0n) is 13.8. The van der Waals surface area contributed by atoms with Gasteiger partial charge in [-0.3, -0.25) is 0 Å². The number of nitrogens with one attached hydrogen (secondary N) is 1. The standard InChI is InChI=1S/C18H31NO/c1-6-19-16(5)9-7-8-12-20-18-13-17(14(2)3)11-10-15(18)4/h10-11,13-14,16,19H,6-9,12H2,1-5H3. The summed E-state index contributed by atoms with van der Waals surface area (Å²) in [6, 6.07) is 7.18. The topological polar surface area (TPSA) is 21.3 Å². The van der Waals surface area contributed by atoms with Crippen molar-refractivity contribution >= 4 is 0 Å². The van der Waals surface area contributed by atoms with Gasteiger partial charge < -0.3 is 10.1 Å². The first kappa shape index (κ1) is 17.0. The maximum absolute atomic E-state index is 5.95. The maximum atomic E-state index is 5.95. The quantitative estimate of drug-likeness (QED) is 0.663. The molecule has 1 atom stereocenters. The molecule has 114 valence electrons. The van der Waals surface area contributed by atoms with E-state index in [4.69, 9.17) is 4.74 Å². The van der Waals surface area contributed by atoms with Gasteiger partial charge in [0.05, 0.1) is 6.61 Å². The Labute approximate surface area is 124 Å². The number of unbranched alkanes of at least 4 members (excludes halogenated alkanes) is 1. The SMILES string of the molecule is CCNC(C)CCCCOc1cc(C(C)C)ccc1C. The summed E-state index contributed by atoms with van der Waals surface area (Å²) in [6.07, 6.45) is 3.57. The highest BCUT2D eigenvalue weighted by atomic mass is 16.5. The molecule has 0 aliphatic carbocycles. The molecule has 0 heterocycles. The first-order valence-corrected chi connectivity index (χ1v) is 8.01. The van der Waals surface area contributed by atoms with Crippen LogP contribution in [0.15, 0.2) is 18.2 Å². The highest BCUT2D eigenvalue weighted by Crippen LogP contribution is 2.24. The van der Waals surface area contributed by atoms with Crippen molar-refractivity contribution in [2.45, 2.75) is 65.8 Å². The van der Waals surface area contributed by atoms with E-state index in [1.54, 1.807) is 0 Å². The largest absolute Gasteiger partial charge is 0.493 e. The van der Waals surface area contributed by atoms with Gasteiger partial charge in [0, 0.05) is 6.04 Å². The number of rotatable bonds is 9. The van der Waals surface area contributed by atoms with Crippen molar-refractivity contribution in [2.24, 2.45) is 0 Å². The van der Waals surface area contributed by atoms with E-state index in [1.807, 2.05) is 0 Å². The third-order valence-corrected chi connectivity index (χ3v) is 3.72. The Hall–Kier alpha value is -1.02. The first-order chi connectivity index (χ1) is 9.54. The van der Waals surface area contributed by atoms with Crippen molar-refractivity contribution in [3.05, 3.63) is 29.3 Å². The van der Waals surface area contributed by atoms with Gasteiger partial charge in [-0.15, -0.1) is 0 Å². The van der Waals surface area contributed by atoms with Crippen molar-refractivity contribution in [1.82, 2.24) is 5.32 Å². The summed E-state index contributed by atoms with van der Waals surface area (Å²) in [5, 5.41) is 3.44. The third kappa shape index (κ3) is 5.96. The Kier molecular flexibility index (Phi) is 7.68. The Morgan fingerprint density at radius 2 is 1.90 bits per heavy atom. The second-order valence-corrected chi connectivity index (χ2v) is 5.98. The minimum Gasteiger partial charge on any atom is -0.493 e. The van der Waals surface area contributed by atoms with E-state index < -0.39 is 0 Å². The lowest BCUT2D eigenvalue weighted by molar-refractivity contribution is 0.299. The van der Waals surface area contributed by atoms with E-state index in [2.05, 4.69) is 58.1 Å². The molecule has 1 aromatic rings. The van der Waals surface area contributed by atoms with Gasteiger partial charge in [-0.1, -0.05) is 32.9 Å². The lowest BCUT2D eigenvalue weighted by Crippen LogP contribution is -2.25. The highest BCUT2D eigenvalue weighted by Gasteiger charge is 2.05.